The molecule has 0 atom stereocenters. The van der Waals surface area contributed by atoms with Crippen LogP contribution in [0.15, 0.2) is 95.9 Å². The van der Waals surface area contributed by atoms with Crippen molar-refractivity contribution in [3.05, 3.63) is 102 Å². The van der Waals surface area contributed by atoms with Gasteiger partial charge in [-0.05, 0) is 54.6 Å². The molecule has 0 aromatic heterocycles. The Labute approximate surface area is 215 Å². The number of carbonyl (C=O) groups excluding carboxylic acids is 2. The monoisotopic (exact) mass is 514 g/mol. The quantitative estimate of drug-likeness (QED) is 0.331. The molecule has 0 bridgehead atoms. The van der Waals surface area contributed by atoms with Gasteiger partial charge >= 0.3 is 5.97 Å². The van der Waals surface area contributed by atoms with Gasteiger partial charge in [0.05, 0.1) is 21.8 Å². The topological polar surface area (TPSA) is 84.0 Å². The number of esters is 1. The maximum Gasteiger partial charge on any atom is 0.338 e. The van der Waals surface area contributed by atoms with E-state index in [-0.39, 0.29) is 16.4 Å². The van der Waals surface area contributed by atoms with Gasteiger partial charge in [0.2, 0.25) is 0 Å². The normalized spacial score (nSPS) is 12.8. The van der Waals surface area contributed by atoms with Gasteiger partial charge in [0.15, 0.2) is 6.61 Å². The minimum atomic E-state index is -3.86. The lowest BCUT2D eigenvalue weighted by Gasteiger charge is -2.22. The zero-order valence-electron chi connectivity index (χ0n) is 20.3. The third kappa shape index (κ3) is 4.68. The van der Waals surface area contributed by atoms with E-state index in [0.29, 0.717) is 25.2 Å². The highest BCUT2D eigenvalue weighted by molar-refractivity contribution is 7.92. The molecular formula is C29H26N2O5S. The molecule has 0 spiro atoms. The highest BCUT2D eigenvalue weighted by Gasteiger charge is 2.31. The van der Waals surface area contributed by atoms with Crippen molar-refractivity contribution in [1.29, 1.82) is 0 Å². The summed E-state index contributed by atoms with van der Waals surface area (Å²) in [6.45, 7) is 2.13. The van der Waals surface area contributed by atoms with Crippen LogP contribution in [0.2, 0.25) is 0 Å². The van der Waals surface area contributed by atoms with Crippen LogP contribution in [0, 0.1) is 0 Å². The summed E-state index contributed by atoms with van der Waals surface area (Å²) in [5.74, 6) is -1.13. The maximum atomic E-state index is 13.3. The van der Waals surface area contributed by atoms with E-state index in [1.165, 1.54) is 28.6 Å². The van der Waals surface area contributed by atoms with Crippen LogP contribution in [0.1, 0.15) is 22.8 Å². The van der Waals surface area contributed by atoms with Crippen LogP contribution in [0.3, 0.4) is 0 Å². The molecule has 1 aliphatic rings. The van der Waals surface area contributed by atoms with E-state index >= 15 is 0 Å². The predicted octanol–water partition coefficient (Wildman–Crippen LogP) is 4.80. The molecule has 4 aromatic carbocycles. The van der Waals surface area contributed by atoms with Crippen LogP contribution in [0.4, 0.5) is 11.4 Å². The first-order chi connectivity index (χ1) is 17.9. The minimum absolute atomic E-state index is 0.00378. The standard InChI is InChI=1S/C29H26N2O5S/c1-2-30(27-16-8-11-21-9-3-5-14-25(21)27)28(32)20-36-29(33)23-12-7-13-24(19-23)37(34,35)31-18-17-22-10-4-6-15-26(22)31/h3-16,19H,2,17-18,20H2,1H3. The number of hydrogen-bond donors (Lipinski definition) is 0. The minimum Gasteiger partial charge on any atom is -0.452 e. The smallest absolute Gasteiger partial charge is 0.338 e. The molecule has 188 valence electrons. The lowest BCUT2D eigenvalue weighted by atomic mass is 10.1. The van der Waals surface area contributed by atoms with Crippen LogP contribution < -0.4 is 9.21 Å². The summed E-state index contributed by atoms with van der Waals surface area (Å²) < 4.78 is 33.4. The van der Waals surface area contributed by atoms with E-state index in [0.717, 1.165) is 22.0 Å². The zero-order chi connectivity index (χ0) is 26.0. The maximum absolute atomic E-state index is 13.3. The van der Waals surface area contributed by atoms with Crippen molar-refractivity contribution in [2.24, 2.45) is 0 Å². The summed E-state index contributed by atoms with van der Waals surface area (Å²) in [6.07, 6.45) is 0.629. The van der Waals surface area contributed by atoms with E-state index in [2.05, 4.69) is 0 Å². The third-order valence-corrected chi connectivity index (χ3v) is 8.31. The van der Waals surface area contributed by atoms with Gasteiger partial charge in [-0.2, -0.15) is 0 Å². The molecular weight excluding hydrogens is 488 g/mol. The van der Waals surface area contributed by atoms with E-state index in [1.54, 1.807) is 17.0 Å². The van der Waals surface area contributed by atoms with Crippen molar-refractivity contribution in [2.45, 2.75) is 18.2 Å². The molecule has 5 rings (SSSR count). The highest BCUT2D eigenvalue weighted by atomic mass is 32.2. The van der Waals surface area contributed by atoms with Gasteiger partial charge in [-0.25, -0.2) is 13.2 Å². The number of amides is 1. The summed E-state index contributed by atoms with van der Waals surface area (Å²) in [5.41, 5.74) is 2.41. The molecule has 7 nitrogen and oxygen atoms in total. The molecule has 0 N–H and O–H groups in total. The Balaban J connectivity index is 1.31. The number of nitrogens with zero attached hydrogens (tertiary/aromatic N) is 2. The van der Waals surface area contributed by atoms with Crippen molar-refractivity contribution in [2.75, 3.05) is 28.9 Å². The largest absolute Gasteiger partial charge is 0.452 e. The Hall–Kier alpha value is -4.17. The molecule has 0 radical (unpaired) electrons. The number of rotatable bonds is 7. The van der Waals surface area contributed by atoms with Gasteiger partial charge in [0, 0.05) is 18.5 Å². The average Bonchev–Trinajstić information content (AvgIpc) is 3.37. The Morgan fingerprint density at radius 3 is 2.49 bits per heavy atom. The van der Waals surface area contributed by atoms with Gasteiger partial charge in [0.25, 0.3) is 15.9 Å². The van der Waals surface area contributed by atoms with Crippen molar-refractivity contribution in [3.63, 3.8) is 0 Å². The van der Waals surface area contributed by atoms with Crippen molar-refractivity contribution < 1.29 is 22.7 Å². The fourth-order valence-corrected chi connectivity index (χ4v) is 6.23. The number of sulfonamides is 1. The second-order valence-electron chi connectivity index (χ2n) is 8.70. The van der Waals surface area contributed by atoms with Gasteiger partial charge in [0.1, 0.15) is 0 Å². The predicted molar refractivity (Wildman–Crippen MR) is 143 cm³/mol. The third-order valence-electron chi connectivity index (χ3n) is 6.50. The molecule has 37 heavy (non-hydrogen) atoms. The van der Waals surface area contributed by atoms with Gasteiger partial charge in [-0.15, -0.1) is 0 Å². The van der Waals surface area contributed by atoms with E-state index < -0.39 is 22.6 Å². The fourth-order valence-electron chi connectivity index (χ4n) is 4.68. The van der Waals surface area contributed by atoms with Crippen LogP contribution in [0.5, 0.6) is 0 Å². The van der Waals surface area contributed by atoms with Crippen LogP contribution in [0.25, 0.3) is 10.8 Å². The molecule has 4 aromatic rings. The van der Waals surface area contributed by atoms with E-state index in [1.807, 2.05) is 61.5 Å². The number of para-hydroxylation sites is 1. The molecule has 1 amide bonds. The van der Waals surface area contributed by atoms with Gasteiger partial charge in [-0.1, -0.05) is 60.7 Å². The van der Waals surface area contributed by atoms with Gasteiger partial charge in [-0.3, -0.25) is 9.10 Å². The van der Waals surface area contributed by atoms with Crippen LogP contribution in [-0.4, -0.2) is 40.0 Å². The molecule has 0 saturated carbocycles. The second kappa shape index (κ2) is 10.1. The number of ether oxygens (including phenoxy) is 1. The van der Waals surface area contributed by atoms with Crippen LogP contribution in [-0.2, 0) is 26.0 Å². The number of likely N-dealkylation sites (N-methyl/N-ethyl adjacent to an activating group) is 1. The van der Waals surface area contributed by atoms with Crippen molar-refractivity contribution in [3.8, 4) is 0 Å². The highest BCUT2D eigenvalue weighted by Crippen LogP contribution is 2.33. The van der Waals surface area contributed by atoms with Crippen molar-refractivity contribution >= 4 is 44.0 Å². The first-order valence-electron chi connectivity index (χ1n) is 12.1. The number of fused-ring (bicyclic) bond motifs is 2. The molecule has 0 fully saturated rings. The van der Waals surface area contributed by atoms with Gasteiger partial charge < -0.3 is 9.64 Å². The van der Waals surface area contributed by atoms with Crippen molar-refractivity contribution in [1.82, 2.24) is 0 Å². The molecule has 1 aliphatic heterocycles. The molecule has 1 heterocycles. The molecule has 0 saturated heterocycles. The average molecular weight is 515 g/mol. The molecule has 0 unspecified atom stereocenters. The lowest BCUT2D eigenvalue weighted by Crippen LogP contribution is -2.34. The Morgan fingerprint density at radius 2 is 1.65 bits per heavy atom. The van der Waals surface area contributed by atoms with E-state index in [9.17, 15) is 18.0 Å². The Morgan fingerprint density at radius 1 is 0.919 bits per heavy atom. The molecule has 8 heteroatoms. The summed E-state index contributed by atoms with van der Waals surface area (Å²) in [7, 11) is -3.86. The lowest BCUT2D eigenvalue weighted by molar-refractivity contribution is -0.121. The summed E-state index contributed by atoms with van der Waals surface area (Å²) in [5, 5.41) is 1.93. The summed E-state index contributed by atoms with van der Waals surface area (Å²) >= 11 is 0. The second-order valence-corrected chi connectivity index (χ2v) is 10.6. The molecule has 0 aliphatic carbocycles. The number of anilines is 2. The zero-order valence-corrected chi connectivity index (χ0v) is 21.1. The van der Waals surface area contributed by atoms with Crippen LogP contribution >= 0.6 is 0 Å². The summed E-state index contributed by atoms with van der Waals surface area (Å²) in [6, 6.07) is 26.6. The first-order valence-corrected chi connectivity index (χ1v) is 13.5. The fraction of sp³-hybridized carbons (Fsp3) is 0.172. The SMILES string of the molecule is CCN(C(=O)COC(=O)c1cccc(S(=O)(=O)N2CCc3ccccc32)c1)c1cccc2ccccc12. The number of benzene rings is 4. The Bertz CT molecular complexity index is 1590. The first kappa shape index (κ1) is 24.5. The summed E-state index contributed by atoms with van der Waals surface area (Å²) in [4.78, 5) is 27.4. The van der Waals surface area contributed by atoms with E-state index in [4.69, 9.17) is 4.74 Å². The number of carbonyl (C=O) groups is 2. The number of hydrogen-bond acceptors (Lipinski definition) is 5. The Kier molecular flexibility index (Phi) is 6.67.